The molecule has 0 amide bonds. The minimum Gasteiger partial charge on any atom is -0.497 e. The summed E-state index contributed by atoms with van der Waals surface area (Å²) >= 11 is 0. The second-order valence-corrected chi connectivity index (χ2v) is 10.6. The van der Waals surface area contributed by atoms with E-state index in [1.807, 2.05) is 29.9 Å². The number of ether oxygens (including phenoxy) is 1. The fourth-order valence-corrected chi connectivity index (χ4v) is 7.10. The molecule has 34 heavy (non-hydrogen) atoms. The lowest BCUT2D eigenvalue weighted by molar-refractivity contribution is -0.127. The first-order valence-electron chi connectivity index (χ1n) is 12.5. The van der Waals surface area contributed by atoms with Gasteiger partial charge in [0.2, 0.25) is 0 Å². The van der Waals surface area contributed by atoms with E-state index in [1.54, 1.807) is 7.11 Å². The first-order chi connectivity index (χ1) is 16.5. The molecule has 3 aliphatic rings. The lowest BCUT2D eigenvalue weighted by atomic mass is 9.55. The quantitative estimate of drug-likeness (QED) is 0.444. The number of methoxy groups -OCH3 is 1. The van der Waals surface area contributed by atoms with Gasteiger partial charge in [0.1, 0.15) is 5.75 Å². The van der Waals surface area contributed by atoms with E-state index in [0.29, 0.717) is 23.5 Å². The molecule has 4 atom stereocenters. The second-order valence-electron chi connectivity index (χ2n) is 10.6. The Kier molecular flexibility index (Phi) is 5.02. The summed E-state index contributed by atoms with van der Waals surface area (Å²) in [6, 6.07) is 19.0. The van der Waals surface area contributed by atoms with E-state index in [-0.39, 0.29) is 5.41 Å². The maximum absolute atomic E-state index is 13.7. The molecule has 4 unspecified atom stereocenters. The average molecular weight is 453 g/mol. The van der Waals surface area contributed by atoms with Gasteiger partial charge in [0.05, 0.1) is 18.5 Å². The molecule has 0 N–H and O–H groups in total. The first-order valence-corrected chi connectivity index (χ1v) is 12.5. The van der Waals surface area contributed by atoms with Crippen molar-refractivity contribution < 1.29 is 9.53 Å². The number of rotatable bonds is 3. The molecule has 1 aromatic heterocycles. The summed E-state index contributed by atoms with van der Waals surface area (Å²) in [5.41, 5.74) is 6.73. The maximum Gasteiger partial charge on any atom is 0.165 e. The van der Waals surface area contributed by atoms with Crippen LogP contribution in [0.1, 0.15) is 55.3 Å². The average Bonchev–Trinajstić information content (AvgIpc) is 3.35. The van der Waals surface area contributed by atoms with E-state index in [9.17, 15) is 4.79 Å². The van der Waals surface area contributed by atoms with Gasteiger partial charge in [0.25, 0.3) is 0 Å². The van der Waals surface area contributed by atoms with E-state index in [1.165, 1.54) is 11.1 Å². The van der Waals surface area contributed by atoms with Gasteiger partial charge < -0.3 is 4.74 Å². The zero-order chi connectivity index (χ0) is 23.4. The van der Waals surface area contributed by atoms with Crippen LogP contribution in [0.15, 0.2) is 60.2 Å². The van der Waals surface area contributed by atoms with Crippen LogP contribution in [-0.2, 0) is 18.3 Å². The molecule has 174 valence electrons. The van der Waals surface area contributed by atoms with Gasteiger partial charge in [-0.05, 0) is 96.4 Å². The zero-order valence-electron chi connectivity index (χ0n) is 20.3. The highest BCUT2D eigenvalue weighted by molar-refractivity contribution is 6.05. The molecular formula is C30H32N2O2. The molecule has 6 rings (SSSR count). The molecule has 1 heterocycles. The summed E-state index contributed by atoms with van der Waals surface area (Å²) in [4.78, 5) is 13.7. The van der Waals surface area contributed by atoms with Crippen LogP contribution in [0.3, 0.4) is 0 Å². The van der Waals surface area contributed by atoms with Gasteiger partial charge in [-0.1, -0.05) is 43.3 Å². The van der Waals surface area contributed by atoms with E-state index >= 15 is 0 Å². The third kappa shape index (κ3) is 3.26. The Morgan fingerprint density at radius 2 is 1.94 bits per heavy atom. The molecule has 0 saturated heterocycles. The summed E-state index contributed by atoms with van der Waals surface area (Å²) in [5.74, 6) is 2.84. The highest BCUT2D eigenvalue weighted by atomic mass is 16.5. The van der Waals surface area contributed by atoms with Gasteiger partial charge in [-0.25, -0.2) is 0 Å². The minimum absolute atomic E-state index is 0.242. The summed E-state index contributed by atoms with van der Waals surface area (Å²) in [6.45, 7) is 2.23. The van der Waals surface area contributed by atoms with Crippen molar-refractivity contribution in [3.8, 4) is 17.0 Å². The number of allylic oxidation sites excluding steroid dienone is 1. The molecule has 3 aromatic rings. The van der Waals surface area contributed by atoms with Crippen LogP contribution >= 0.6 is 0 Å². The Morgan fingerprint density at radius 1 is 1.12 bits per heavy atom. The van der Waals surface area contributed by atoms with Crippen molar-refractivity contribution in [2.24, 2.45) is 24.3 Å². The first kappa shape index (κ1) is 21.4. The fourth-order valence-electron chi connectivity index (χ4n) is 7.10. The minimum atomic E-state index is -0.242. The molecule has 0 radical (unpaired) electrons. The van der Waals surface area contributed by atoms with Crippen LogP contribution in [0.5, 0.6) is 5.75 Å². The smallest absolute Gasteiger partial charge is 0.165 e. The molecule has 2 saturated carbocycles. The van der Waals surface area contributed by atoms with Gasteiger partial charge in [-0.2, -0.15) is 5.10 Å². The molecule has 0 aliphatic heterocycles. The van der Waals surface area contributed by atoms with Crippen molar-refractivity contribution in [2.45, 2.75) is 44.9 Å². The standard InChI is InChI=1S/C30H32N2O2/c1-30-14-13-25-24-12-10-23(34-3)16-20(24)9-11-26(25)27(30)17-21(29(30)33)15-22-18-28(32(2)31-22)19-7-5-4-6-8-19/h4-8,10,12,15-16,18,25-27H,9,11,13-14,17H2,1-3H3. The van der Waals surface area contributed by atoms with Crippen LogP contribution in [0.2, 0.25) is 0 Å². The molecule has 2 aromatic carbocycles. The van der Waals surface area contributed by atoms with Crippen LogP contribution in [0.25, 0.3) is 17.3 Å². The lowest BCUT2D eigenvalue weighted by Crippen LogP contribution is -2.42. The lowest BCUT2D eigenvalue weighted by Gasteiger charge is -2.48. The summed E-state index contributed by atoms with van der Waals surface area (Å²) in [6.07, 6.45) is 7.24. The summed E-state index contributed by atoms with van der Waals surface area (Å²) in [5, 5.41) is 4.73. The number of carbonyl (C=O) groups excluding carboxylic acids is 1. The van der Waals surface area contributed by atoms with Crippen LogP contribution in [0.4, 0.5) is 0 Å². The molecule has 4 heteroatoms. The summed E-state index contributed by atoms with van der Waals surface area (Å²) < 4.78 is 7.38. The Bertz CT molecular complexity index is 1290. The zero-order valence-corrected chi connectivity index (χ0v) is 20.3. The van der Waals surface area contributed by atoms with Crippen molar-refractivity contribution in [3.63, 3.8) is 0 Å². The Labute approximate surface area is 201 Å². The molecule has 2 fully saturated rings. The number of fused-ring (bicyclic) bond motifs is 5. The third-order valence-corrected chi connectivity index (χ3v) is 8.86. The third-order valence-electron chi connectivity index (χ3n) is 8.86. The van der Waals surface area contributed by atoms with E-state index in [4.69, 9.17) is 9.84 Å². The van der Waals surface area contributed by atoms with Gasteiger partial charge in [0, 0.05) is 12.5 Å². The number of benzene rings is 2. The fraction of sp³-hybridized carbons (Fsp3) is 0.400. The molecule has 0 bridgehead atoms. The van der Waals surface area contributed by atoms with Crippen molar-refractivity contribution in [1.29, 1.82) is 0 Å². The second kappa shape index (κ2) is 7.97. The van der Waals surface area contributed by atoms with Gasteiger partial charge in [0.15, 0.2) is 5.78 Å². The van der Waals surface area contributed by atoms with E-state index < -0.39 is 0 Å². The Balaban J connectivity index is 1.31. The maximum atomic E-state index is 13.7. The molecule has 4 nitrogen and oxygen atoms in total. The number of ketones is 1. The predicted molar refractivity (Wildman–Crippen MR) is 135 cm³/mol. The SMILES string of the molecule is COc1ccc2c(c1)CCC1C2CCC2(C)C(=O)C(=Cc3cc(-c4ccccc4)n(C)n3)CC12. The van der Waals surface area contributed by atoms with Crippen LogP contribution < -0.4 is 4.74 Å². The topological polar surface area (TPSA) is 44.1 Å². The monoisotopic (exact) mass is 452 g/mol. The van der Waals surface area contributed by atoms with E-state index in [2.05, 4.69) is 49.4 Å². The number of hydrogen-bond donors (Lipinski definition) is 0. The highest BCUT2D eigenvalue weighted by Gasteiger charge is 2.56. The number of aryl methyl sites for hydroxylation is 2. The van der Waals surface area contributed by atoms with Gasteiger partial charge in [-0.15, -0.1) is 0 Å². The normalized spacial score (nSPS) is 29.0. The Hall–Kier alpha value is -3.14. The molecule has 0 spiro atoms. The van der Waals surface area contributed by atoms with Gasteiger partial charge >= 0.3 is 0 Å². The van der Waals surface area contributed by atoms with Gasteiger partial charge in [-0.3, -0.25) is 9.48 Å². The number of carbonyl (C=O) groups is 1. The van der Waals surface area contributed by atoms with Crippen molar-refractivity contribution >= 4 is 11.9 Å². The van der Waals surface area contributed by atoms with E-state index in [0.717, 1.165) is 60.4 Å². The molecular weight excluding hydrogens is 420 g/mol. The number of Topliss-reactive ketones (excluding diaryl/α,β-unsaturated/α-hetero) is 1. The molecule has 3 aliphatic carbocycles. The predicted octanol–water partition coefficient (Wildman–Crippen LogP) is 6.21. The number of nitrogens with zero attached hydrogens (tertiary/aromatic N) is 2. The highest BCUT2D eigenvalue weighted by Crippen LogP contribution is 2.60. The largest absolute Gasteiger partial charge is 0.497 e. The van der Waals surface area contributed by atoms with Crippen molar-refractivity contribution in [2.75, 3.05) is 7.11 Å². The Morgan fingerprint density at radius 3 is 2.74 bits per heavy atom. The number of aromatic nitrogens is 2. The summed E-state index contributed by atoms with van der Waals surface area (Å²) in [7, 11) is 3.71. The number of hydrogen-bond acceptors (Lipinski definition) is 3. The van der Waals surface area contributed by atoms with Crippen LogP contribution in [-0.4, -0.2) is 22.7 Å². The van der Waals surface area contributed by atoms with Crippen molar-refractivity contribution in [3.05, 3.63) is 77.0 Å². The van der Waals surface area contributed by atoms with Crippen LogP contribution in [0, 0.1) is 17.3 Å². The van der Waals surface area contributed by atoms with Crippen molar-refractivity contribution in [1.82, 2.24) is 9.78 Å².